The molecule has 2 fully saturated rings. The molecular weight excluding hydrogens is 232 g/mol. The van der Waals surface area contributed by atoms with E-state index in [4.69, 9.17) is 4.74 Å². The third kappa shape index (κ3) is 0.861. The summed E-state index contributed by atoms with van der Waals surface area (Å²) in [6, 6.07) is 4.64. The van der Waals surface area contributed by atoms with Crippen molar-refractivity contribution < 1.29 is 19.4 Å². The van der Waals surface area contributed by atoms with Gasteiger partial charge in [-0.3, -0.25) is 9.59 Å². The fourth-order valence-corrected chi connectivity index (χ4v) is 3.60. The Morgan fingerprint density at radius 3 is 2.44 bits per heavy atom. The van der Waals surface area contributed by atoms with Gasteiger partial charge in [-0.1, -0.05) is 12.1 Å². The van der Waals surface area contributed by atoms with Gasteiger partial charge in [0.05, 0.1) is 5.56 Å². The van der Waals surface area contributed by atoms with Gasteiger partial charge in [0.2, 0.25) is 5.78 Å². The van der Waals surface area contributed by atoms with E-state index in [1.165, 1.54) is 6.07 Å². The molecule has 2 aliphatic carbocycles. The largest absolute Gasteiger partial charge is 0.507 e. The van der Waals surface area contributed by atoms with E-state index in [9.17, 15) is 14.7 Å². The zero-order chi connectivity index (χ0) is 12.5. The summed E-state index contributed by atoms with van der Waals surface area (Å²) < 4.78 is 5.67. The van der Waals surface area contributed by atoms with E-state index in [1.54, 1.807) is 12.1 Å². The van der Waals surface area contributed by atoms with Crippen molar-refractivity contribution in [2.75, 3.05) is 0 Å². The molecule has 1 N–H and O–H groups in total. The Labute approximate surface area is 104 Å². The molecular formula is C14H12O4. The molecule has 1 aliphatic heterocycles. The van der Waals surface area contributed by atoms with E-state index in [2.05, 4.69) is 0 Å². The molecule has 1 saturated heterocycles. The molecule has 1 aromatic rings. The van der Waals surface area contributed by atoms with Gasteiger partial charge in [-0.05, 0) is 31.7 Å². The normalized spacial score (nSPS) is 36.7. The zero-order valence-electron chi connectivity index (χ0n) is 9.73. The highest BCUT2D eigenvalue weighted by Crippen LogP contribution is 2.63. The molecule has 3 aliphatic rings. The Morgan fingerprint density at radius 2 is 1.72 bits per heavy atom. The molecule has 4 heteroatoms. The first-order chi connectivity index (χ1) is 8.62. The topological polar surface area (TPSA) is 66.9 Å². The summed E-state index contributed by atoms with van der Waals surface area (Å²) in [7, 11) is 0. The number of ether oxygens (including phenoxy) is 1. The lowest BCUT2D eigenvalue weighted by Crippen LogP contribution is -2.46. The summed E-state index contributed by atoms with van der Waals surface area (Å²) >= 11 is 0. The van der Waals surface area contributed by atoms with Gasteiger partial charge in [-0.2, -0.15) is 0 Å². The van der Waals surface area contributed by atoms with Crippen LogP contribution in [0.25, 0.3) is 0 Å². The van der Waals surface area contributed by atoms with Crippen molar-refractivity contribution in [3.8, 4) is 5.75 Å². The number of hydrogen-bond acceptors (Lipinski definition) is 4. The second-order valence-electron chi connectivity index (χ2n) is 5.32. The summed E-state index contributed by atoms with van der Waals surface area (Å²) in [4.78, 5) is 25.1. The van der Waals surface area contributed by atoms with Crippen LogP contribution in [0.4, 0.5) is 0 Å². The molecule has 0 radical (unpaired) electrons. The number of Topliss-reactive ketones (excluding diaryl/α,β-unsaturated/α-hetero) is 2. The van der Waals surface area contributed by atoms with E-state index in [-0.39, 0.29) is 22.9 Å². The van der Waals surface area contributed by atoms with Crippen molar-refractivity contribution in [2.45, 2.75) is 36.9 Å². The summed E-state index contributed by atoms with van der Waals surface area (Å²) in [5.74, 6) is -0.461. The number of ketones is 2. The van der Waals surface area contributed by atoms with Gasteiger partial charge in [-0.15, -0.1) is 0 Å². The fraction of sp³-hybridized carbons (Fsp3) is 0.429. The maximum absolute atomic E-state index is 12.5. The van der Waals surface area contributed by atoms with Gasteiger partial charge in [0.15, 0.2) is 17.0 Å². The van der Waals surface area contributed by atoms with E-state index in [0.717, 1.165) is 12.8 Å². The Bertz CT molecular complexity index is 606. The fourth-order valence-electron chi connectivity index (χ4n) is 3.60. The molecule has 0 bridgehead atoms. The lowest BCUT2D eigenvalue weighted by Gasteiger charge is -2.28. The van der Waals surface area contributed by atoms with Crippen LogP contribution in [0.5, 0.6) is 5.75 Å². The lowest BCUT2D eigenvalue weighted by molar-refractivity contribution is 0.0807. The van der Waals surface area contributed by atoms with Crippen LogP contribution in [0.3, 0.4) is 0 Å². The Morgan fingerprint density at radius 1 is 1.06 bits per heavy atom. The first kappa shape index (κ1) is 10.3. The standard InChI is InChI=1S/C14H12O4/c15-9-5-3-4-8-10(9)12(17)14-7-2-1-6-13(14,18-14)11(8)16/h3-5,15H,1-2,6-7H2. The number of phenolic OH excluding ortho intramolecular Hbond substituents is 1. The Hall–Kier alpha value is -1.68. The number of hydrogen-bond donors (Lipinski definition) is 1. The van der Waals surface area contributed by atoms with E-state index in [0.29, 0.717) is 18.4 Å². The molecule has 4 nitrogen and oxygen atoms in total. The van der Waals surface area contributed by atoms with Gasteiger partial charge >= 0.3 is 0 Å². The Kier molecular flexibility index (Phi) is 1.61. The van der Waals surface area contributed by atoms with Gasteiger partial charge in [-0.25, -0.2) is 0 Å². The Balaban J connectivity index is 2.00. The molecule has 1 aromatic carbocycles. The van der Waals surface area contributed by atoms with E-state index < -0.39 is 11.2 Å². The monoisotopic (exact) mass is 244 g/mol. The minimum Gasteiger partial charge on any atom is -0.507 e. The molecule has 2 unspecified atom stereocenters. The summed E-state index contributed by atoms with van der Waals surface area (Å²) in [6.45, 7) is 0. The van der Waals surface area contributed by atoms with Gasteiger partial charge in [0, 0.05) is 5.56 Å². The first-order valence-electron chi connectivity index (χ1n) is 6.24. The summed E-state index contributed by atoms with van der Waals surface area (Å²) in [6.07, 6.45) is 3.01. The van der Waals surface area contributed by atoms with Crippen LogP contribution in [0.1, 0.15) is 46.4 Å². The van der Waals surface area contributed by atoms with Crippen LogP contribution in [-0.4, -0.2) is 27.9 Å². The number of fused-ring (bicyclic) bond motifs is 1. The van der Waals surface area contributed by atoms with Crippen LogP contribution in [0, 0.1) is 0 Å². The third-order valence-corrected chi connectivity index (χ3v) is 4.51. The number of benzene rings is 1. The van der Waals surface area contributed by atoms with Gasteiger partial charge in [0.1, 0.15) is 5.75 Å². The average Bonchev–Trinajstić information content (AvgIpc) is 3.08. The minimum atomic E-state index is -0.964. The number of carbonyl (C=O) groups is 2. The summed E-state index contributed by atoms with van der Waals surface area (Å²) in [5, 5.41) is 9.84. The van der Waals surface area contributed by atoms with Crippen LogP contribution in [-0.2, 0) is 4.74 Å². The van der Waals surface area contributed by atoms with E-state index in [1.807, 2.05) is 0 Å². The van der Waals surface area contributed by atoms with Crippen molar-refractivity contribution in [3.05, 3.63) is 29.3 Å². The predicted octanol–water partition coefficient (Wildman–Crippen LogP) is 1.85. The SMILES string of the molecule is O=C1c2cccc(O)c2C(=O)C23CCCCC12O3. The predicted molar refractivity (Wildman–Crippen MR) is 61.8 cm³/mol. The highest BCUT2D eigenvalue weighted by Gasteiger charge is 2.80. The number of rotatable bonds is 0. The first-order valence-corrected chi connectivity index (χ1v) is 6.24. The van der Waals surface area contributed by atoms with Crippen LogP contribution in [0.2, 0.25) is 0 Å². The second kappa shape index (κ2) is 2.83. The minimum absolute atomic E-state index is 0.116. The molecule has 0 aromatic heterocycles. The smallest absolute Gasteiger partial charge is 0.202 e. The molecule has 0 spiro atoms. The van der Waals surface area contributed by atoms with Crippen LogP contribution < -0.4 is 0 Å². The highest BCUT2D eigenvalue weighted by molar-refractivity contribution is 6.26. The van der Waals surface area contributed by atoms with Gasteiger partial charge < -0.3 is 9.84 Å². The number of epoxide rings is 1. The zero-order valence-corrected chi connectivity index (χ0v) is 9.73. The quantitative estimate of drug-likeness (QED) is 0.707. The van der Waals surface area contributed by atoms with Crippen molar-refractivity contribution in [1.82, 2.24) is 0 Å². The lowest BCUT2D eigenvalue weighted by atomic mass is 9.67. The summed E-state index contributed by atoms with van der Waals surface area (Å²) in [5.41, 5.74) is -1.41. The number of aromatic hydroxyl groups is 1. The molecule has 2 atom stereocenters. The molecule has 1 saturated carbocycles. The molecule has 0 amide bonds. The van der Waals surface area contributed by atoms with E-state index >= 15 is 0 Å². The van der Waals surface area contributed by atoms with Crippen molar-refractivity contribution >= 4 is 11.6 Å². The molecule has 1 heterocycles. The van der Waals surface area contributed by atoms with Gasteiger partial charge in [0.25, 0.3) is 0 Å². The maximum atomic E-state index is 12.5. The highest BCUT2D eigenvalue weighted by atomic mass is 16.6. The van der Waals surface area contributed by atoms with Crippen molar-refractivity contribution in [1.29, 1.82) is 0 Å². The maximum Gasteiger partial charge on any atom is 0.202 e. The average molecular weight is 244 g/mol. The number of carbonyl (C=O) groups excluding carboxylic acids is 2. The number of phenols is 1. The van der Waals surface area contributed by atoms with Crippen LogP contribution >= 0.6 is 0 Å². The van der Waals surface area contributed by atoms with Crippen LogP contribution in [0.15, 0.2) is 18.2 Å². The third-order valence-electron chi connectivity index (χ3n) is 4.51. The molecule has 4 rings (SSSR count). The second-order valence-corrected chi connectivity index (χ2v) is 5.32. The molecule has 92 valence electrons. The van der Waals surface area contributed by atoms with Crippen molar-refractivity contribution in [2.24, 2.45) is 0 Å². The van der Waals surface area contributed by atoms with Crippen molar-refractivity contribution in [3.63, 3.8) is 0 Å². The molecule has 18 heavy (non-hydrogen) atoms.